The summed E-state index contributed by atoms with van der Waals surface area (Å²) in [6, 6.07) is 4.14. The van der Waals surface area contributed by atoms with Crippen molar-refractivity contribution in [1.29, 1.82) is 0 Å². The molecule has 0 amide bonds. The number of benzene rings is 1. The molecule has 2 heterocycles. The van der Waals surface area contributed by atoms with Crippen molar-refractivity contribution in [3.8, 4) is 5.75 Å². The van der Waals surface area contributed by atoms with Crippen LogP contribution in [0.4, 0.5) is 5.69 Å². The predicted octanol–water partition coefficient (Wildman–Crippen LogP) is 5.31. The van der Waals surface area contributed by atoms with Crippen molar-refractivity contribution in [3.63, 3.8) is 0 Å². The van der Waals surface area contributed by atoms with Crippen LogP contribution < -0.4 is 4.74 Å². The number of nitrogens with zero attached hydrogens (tertiary/aromatic N) is 1. The van der Waals surface area contributed by atoms with Gasteiger partial charge in [0.05, 0.1) is 17.4 Å². The molecule has 1 unspecified atom stereocenters. The fourth-order valence-electron chi connectivity index (χ4n) is 4.56. The molecule has 0 saturated carbocycles. The van der Waals surface area contributed by atoms with Crippen molar-refractivity contribution in [2.75, 3.05) is 6.61 Å². The van der Waals surface area contributed by atoms with Crippen LogP contribution in [-0.2, 0) is 0 Å². The zero-order chi connectivity index (χ0) is 16.4. The smallest absolute Gasteiger partial charge is 0.265 e. The highest BCUT2D eigenvalue weighted by atomic mass is 16.5. The molecule has 2 aliphatic heterocycles. The van der Waals surface area contributed by atoms with Crippen LogP contribution in [0.2, 0.25) is 0 Å². The lowest BCUT2D eigenvalue weighted by Gasteiger charge is -2.29. The van der Waals surface area contributed by atoms with Gasteiger partial charge in [-0.1, -0.05) is 53.3 Å². The van der Waals surface area contributed by atoms with Crippen molar-refractivity contribution in [3.05, 3.63) is 41.5 Å². The van der Waals surface area contributed by atoms with Gasteiger partial charge in [-0.25, -0.2) is 0 Å². The first kappa shape index (κ1) is 16.8. The second-order valence-electron chi connectivity index (χ2n) is 8.25. The van der Waals surface area contributed by atoms with E-state index in [0.29, 0.717) is 6.61 Å². The summed E-state index contributed by atoms with van der Waals surface area (Å²) < 4.78 is 7.12. The van der Waals surface area contributed by atoms with Crippen LogP contribution in [0.15, 0.2) is 30.4 Å². The average molecular weight is 326 g/mol. The molecule has 0 aromatic heterocycles. The molecule has 4 rings (SSSR count). The van der Waals surface area contributed by atoms with Gasteiger partial charge in [0.15, 0.2) is 0 Å². The number of hydrogen-bond donors (Lipinski definition) is 1. The first-order chi connectivity index (χ1) is 10.8. The molecule has 3 heteroatoms. The van der Waals surface area contributed by atoms with Crippen LogP contribution in [0.25, 0.3) is 6.08 Å². The maximum atomic E-state index is 10.9. The Morgan fingerprint density at radius 3 is 2.71 bits per heavy atom. The van der Waals surface area contributed by atoms with E-state index < -0.39 is 0 Å². The van der Waals surface area contributed by atoms with E-state index in [0.717, 1.165) is 29.1 Å². The summed E-state index contributed by atoms with van der Waals surface area (Å²) in [5, 5.41) is 10.9. The largest absolute Gasteiger partial charge is 0.489 e. The molecule has 1 aromatic carbocycles. The van der Waals surface area contributed by atoms with Crippen LogP contribution in [0.3, 0.4) is 0 Å². The van der Waals surface area contributed by atoms with Crippen LogP contribution in [-0.4, -0.2) is 22.3 Å². The number of allylic oxidation sites excluding steroid dienone is 2. The molecule has 3 aliphatic rings. The Labute approximate surface area is 144 Å². The van der Waals surface area contributed by atoms with Crippen LogP contribution >= 0.6 is 0 Å². The maximum Gasteiger partial charge on any atom is 0.265 e. The van der Waals surface area contributed by atoms with Gasteiger partial charge in [-0.15, -0.1) is 0 Å². The second kappa shape index (κ2) is 5.23. The monoisotopic (exact) mass is 326 g/mol. The van der Waals surface area contributed by atoms with Gasteiger partial charge >= 0.3 is 0 Å². The van der Waals surface area contributed by atoms with E-state index in [4.69, 9.17) is 4.74 Å². The number of fused-ring (bicyclic) bond motifs is 4. The molecule has 0 spiro atoms. The fourth-order valence-corrected chi connectivity index (χ4v) is 4.56. The van der Waals surface area contributed by atoms with Gasteiger partial charge in [-0.2, -0.15) is 0 Å². The van der Waals surface area contributed by atoms with Crippen molar-refractivity contribution in [2.45, 2.75) is 47.5 Å². The molecule has 128 valence electrons. The van der Waals surface area contributed by atoms with Crippen molar-refractivity contribution in [2.24, 2.45) is 10.8 Å². The van der Waals surface area contributed by atoms with E-state index >= 15 is 0 Å². The van der Waals surface area contributed by atoms with E-state index in [1.54, 1.807) is 0 Å². The lowest BCUT2D eigenvalue weighted by Crippen LogP contribution is -2.33. The second-order valence-corrected chi connectivity index (χ2v) is 8.25. The Morgan fingerprint density at radius 1 is 1.21 bits per heavy atom. The lowest BCUT2D eigenvalue weighted by molar-refractivity contribution is -0.713. The summed E-state index contributed by atoms with van der Waals surface area (Å²) >= 11 is 0. The molecule has 1 N–H and O–H groups in total. The van der Waals surface area contributed by atoms with Crippen LogP contribution in [0, 0.1) is 10.8 Å². The Kier molecular flexibility index (Phi) is 3.67. The standard InChI is InChI=1S/C20H24NO2.CH4/c1-19(2)8-7-14-15-10-13-6-5-9-23-17(13)11-16(15)21(22)18(14)20(3,4)12-19;/h5-8,10-11,14,22H,9,12H2,1-4H3;1H4/q+1;. The molecule has 0 saturated heterocycles. The summed E-state index contributed by atoms with van der Waals surface area (Å²) in [6.07, 6.45) is 9.71. The molecule has 0 fully saturated rings. The number of ether oxygens (including phenoxy) is 1. The average Bonchev–Trinajstić information content (AvgIpc) is 2.69. The molecule has 3 nitrogen and oxygen atoms in total. The molecule has 1 aromatic rings. The van der Waals surface area contributed by atoms with Crippen molar-refractivity contribution < 1.29 is 14.7 Å². The Morgan fingerprint density at radius 2 is 1.96 bits per heavy atom. The minimum absolute atomic E-state index is 0. The van der Waals surface area contributed by atoms with E-state index in [9.17, 15) is 5.21 Å². The molecule has 1 aliphatic carbocycles. The SMILES string of the molecule is C.CC1(C)C=CC2C(=[N+](O)c3cc4c(cc32)C=CCO4)C(C)(C)C1. The molecule has 0 radical (unpaired) electrons. The first-order valence-corrected chi connectivity index (χ1v) is 8.31. The van der Waals surface area contributed by atoms with Gasteiger partial charge in [0.1, 0.15) is 12.4 Å². The summed E-state index contributed by atoms with van der Waals surface area (Å²) in [6.45, 7) is 9.58. The Hall–Kier alpha value is -2.03. The maximum absolute atomic E-state index is 10.9. The molecule has 1 atom stereocenters. The first-order valence-electron chi connectivity index (χ1n) is 8.31. The zero-order valence-electron chi connectivity index (χ0n) is 14.3. The van der Waals surface area contributed by atoms with Gasteiger partial charge in [0.25, 0.3) is 5.69 Å². The topological polar surface area (TPSA) is 32.5 Å². The van der Waals surface area contributed by atoms with Crippen molar-refractivity contribution in [1.82, 2.24) is 0 Å². The lowest BCUT2D eigenvalue weighted by atomic mass is 9.72. The minimum atomic E-state index is -0.0807. The molecule has 24 heavy (non-hydrogen) atoms. The third-order valence-electron chi connectivity index (χ3n) is 5.21. The van der Waals surface area contributed by atoms with E-state index in [1.807, 2.05) is 12.1 Å². The summed E-state index contributed by atoms with van der Waals surface area (Å²) in [5.74, 6) is 0.983. The van der Waals surface area contributed by atoms with Crippen molar-refractivity contribution >= 4 is 17.5 Å². The van der Waals surface area contributed by atoms with E-state index in [-0.39, 0.29) is 24.2 Å². The van der Waals surface area contributed by atoms with Gasteiger partial charge in [0, 0.05) is 15.9 Å². The third kappa shape index (κ3) is 2.38. The Bertz CT molecular complexity index is 781. The minimum Gasteiger partial charge on any atom is -0.489 e. The predicted molar refractivity (Wildman–Crippen MR) is 98.5 cm³/mol. The summed E-state index contributed by atoms with van der Waals surface area (Å²) in [4.78, 5) is 0. The highest BCUT2D eigenvalue weighted by molar-refractivity contribution is 5.98. The third-order valence-corrected chi connectivity index (χ3v) is 5.21. The van der Waals surface area contributed by atoms with E-state index in [2.05, 4.69) is 52.0 Å². The van der Waals surface area contributed by atoms with E-state index in [1.165, 1.54) is 10.3 Å². The quantitative estimate of drug-likeness (QED) is 0.398. The van der Waals surface area contributed by atoms with Gasteiger partial charge in [-0.3, -0.25) is 5.21 Å². The fraction of sp³-hybridized carbons (Fsp3) is 0.476. The zero-order valence-corrected chi connectivity index (χ0v) is 14.3. The summed E-state index contributed by atoms with van der Waals surface area (Å²) in [7, 11) is 0. The highest BCUT2D eigenvalue weighted by Gasteiger charge is 2.51. The number of hydrogen-bond acceptors (Lipinski definition) is 2. The molecular formula is C21H28NO2+. The normalized spacial score (nSPS) is 25.1. The van der Waals surface area contributed by atoms with Gasteiger partial charge in [-0.05, 0) is 24.0 Å². The van der Waals surface area contributed by atoms with Crippen LogP contribution in [0.5, 0.6) is 5.75 Å². The van der Waals surface area contributed by atoms with Gasteiger partial charge in [0.2, 0.25) is 5.71 Å². The summed E-state index contributed by atoms with van der Waals surface area (Å²) in [5.41, 5.74) is 4.23. The number of rotatable bonds is 0. The molecule has 0 bridgehead atoms. The molecular weight excluding hydrogens is 298 g/mol. The highest BCUT2D eigenvalue weighted by Crippen LogP contribution is 2.50. The Balaban J connectivity index is 0.00000169. The van der Waals surface area contributed by atoms with Gasteiger partial charge < -0.3 is 4.74 Å². The van der Waals surface area contributed by atoms with Crippen LogP contribution in [0.1, 0.15) is 58.6 Å².